The molecule has 2 heterocycles. The predicted octanol–water partition coefficient (Wildman–Crippen LogP) is 4.03. The smallest absolute Gasteiger partial charge is 0.255 e. The third-order valence-electron chi connectivity index (χ3n) is 5.27. The molecule has 0 bridgehead atoms. The number of tetrazole rings is 1. The van der Waals surface area contributed by atoms with E-state index in [-0.39, 0.29) is 5.91 Å². The van der Waals surface area contributed by atoms with Crippen LogP contribution >= 0.6 is 0 Å². The Labute approximate surface area is 169 Å². The number of amides is 1. The number of aryl methyl sites for hydroxylation is 1. The molecule has 2 aromatic carbocycles. The molecule has 148 valence electrons. The van der Waals surface area contributed by atoms with Crippen LogP contribution in [-0.4, -0.2) is 26.1 Å². The minimum Gasteiger partial charge on any atom is -0.326 e. The Morgan fingerprint density at radius 1 is 1.10 bits per heavy atom. The van der Waals surface area contributed by atoms with Gasteiger partial charge in [0, 0.05) is 11.4 Å². The summed E-state index contributed by atoms with van der Waals surface area (Å²) in [6.07, 6.45) is 0. The highest BCUT2D eigenvalue weighted by Crippen LogP contribution is 2.35. The summed E-state index contributed by atoms with van der Waals surface area (Å²) >= 11 is 0. The van der Waals surface area contributed by atoms with Gasteiger partial charge >= 0.3 is 0 Å². The summed E-state index contributed by atoms with van der Waals surface area (Å²) in [4.78, 5) is 13.3. The number of benzene rings is 2. The van der Waals surface area contributed by atoms with Crippen molar-refractivity contribution in [3.63, 3.8) is 0 Å². The van der Waals surface area contributed by atoms with Crippen molar-refractivity contribution in [1.82, 2.24) is 20.2 Å². The molecule has 7 nitrogen and oxygen atoms in total. The molecule has 0 aliphatic carbocycles. The predicted molar refractivity (Wildman–Crippen MR) is 113 cm³/mol. The number of carbonyl (C=O) groups is 1. The number of para-hydroxylation sites is 1. The van der Waals surface area contributed by atoms with E-state index < -0.39 is 6.04 Å². The van der Waals surface area contributed by atoms with Gasteiger partial charge in [-0.05, 0) is 52.9 Å². The fourth-order valence-electron chi connectivity index (χ4n) is 3.58. The molecule has 29 heavy (non-hydrogen) atoms. The normalized spacial score (nSPS) is 15.8. The first-order valence-electron chi connectivity index (χ1n) is 9.68. The molecule has 0 radical (unpaired) electrons. The van der Waals surface area contributed by atoms with Gasteiger partial charge < -0.3 is 10.6 Å². The van der Waals surface area contributed by atoms with Crippen LogP contribution in [0.15, 0.2) is 59.8 Å². The first-order chi connectivity index (χ1) is 14.0. The van der Waals surface area contributed by atoms with Crippen molar-refractivity contribution >= 4 is 17.5 Å². The third kappa shape index (κ3) is 3.51. The number of anilines is 2. The summed E-state index contributed by atoms with van der Waals surface area (Å²) in [6, 6.07) is 15.6. The summed E-state index contributed by atoms with van der Waals surface area (Å²) in [5.41, 5.74) is 5.31. The van der Waals surface area contributed by atoms with Crippen molar-refractivity contribution in [2.75, 3.05) is 10.6 Å². The highest BCUT2D eigenvalue weighted by atomic mass is 16.1. The van der Waals surface area contributed by atoms with Crippen LogP contribution in [0.3, 0.4) is 0 Å². The zero-order valence-corrected chi connectivity index (χ0v) is 17.0. The van der Waals surface area contributed by atoms with Crippen LogP contribution in [-0.2, 0) is 4.79 Å². The lowest BCUT2D eigenvalue weighted by Crippen LogP contribution is -2.31. The van der Waals surface area contributed by atoms with Gasteiger partial charge in [0.15, 0.2) is 0 Å². The summed E-state index contributed by atoms with van der Waals surface area (Å²) in [7, 11) is 0. The van der Waals surface area contributed by atoms with Crippen LogP contribution in [0.25, 0.3) is 0 Å². The first-order valence-corrected chi connectivity index (χ1v) is 9.68. The fourth-order valence-corrected chi connectivity index (χ4v) is 3.58. The average molecular weight is 388 g/mol. The van der Waals surface area contributed by atoms with Crippen molar-refractivity contribution in [2.24, 2.45) is 0 Å². The molecule has 2 N–H and O–H groups in total. The second-order valence-electron chi connectivity index (χ2n) is 7.60. The monoisotopic (exact) mass is 388 g/mol. The number of fused-ring (bicyclic) bond motifs is 1. The number of hydrogen-bond donors (Lipinski definition) is 2. The summed E-state index contributed by atoms with van der Waals surface area (Å²) in [5.74, 6) is 0.776. The molecule has 1 atom stereocenters. The zero-order chi connectivity index (χ0) is 20.5. The Kier molecular flexibility index (Phi) is 4.88. The Morgan fingerprint density at radius 2 is 1.83 bits per heavy atom. The molecule has 0 fully saturated rings. The van der Waals surface area contributed by atoms with Gasteiger partial charge in [0.1, 0.15) is 6.04 Å². The van der Waals surface area contributed by atoms with Gasteiger partial charge in [0.2, 0.25) is 5.95 Å². The number of hydrogen-bond acceptors (Lipinski definition) is 5. The molecular weight excluding hydrogens is 364 g/mol. The van der Waals surface area contributed by atoms with Gasteiger partial charge in [-0.1, -0.05) is 61.4 Å². The molecule has 1 amide bonds. The van der Waals surface area contributed by atoms with Gasteiger partial charge in [-0.15, -0.1) is 0 Å². The molecular formula is C22H24N6O. The molecule has 1 aromatic heterocycles. The van der Waals surface area contributed by atoms with Crippen LogP contribution < -0.4 is 10.6 Å². The SMILES string of the molecule is CC1=C(C(=O)Nc2ccccc2C)[C@@H](c2ccc(C(C)C)cc2)n2nnnc2N1. The van der Waals surface area contributed by atoms with E-state index in [4.69, 9.17) is 0 Å². The van der Waals surface area contributed by atoms with Crippen LogP contribution in [0.5, 0.6) is 0 Å². The average Bonchev–Trinajstić information content (AvgIpc) is 3.16. The summed E-state index contributed by atoms with van der Waals surface area (Å²) < 4.78 is 1.66. The second-order valence-corrected chi connectivity index (χ2v) is 7.60. The van der Waals surface area contributed by atoms with Gasteiger partial charge in [-0.3, -0.25) is 4.79 Å². The van der Waals surface area contributed by atoms with E-state index in [0.29, 0.717) is 17.4 Å². The number of rotatable bonds is 4. The maximum absolute atomic E-state index is 13.3. The minimum atomic E-state index is -0.411. The molecule has 0 unspecified atom stereocenters. The topological polar surface area (TPSA) is 84.7 Å². The van der Waals surface area contributed by atoms with Crippen molar-refractivity contribution in [3.8, 4) is 0 Å². The lowest BCUT2D eigenvalue weighted by molar-refractivity contribution is -0.113. The Bertz CT molecular complexity index is 1080. The van der Waals surface area contributed by atoms with Crippen LogP contribution in [0.4, 0.5) is 11.6 Å². The molecule has 0 saturated heterocycles. The number of carbonyl (C=O) groups excluding carboxylic acids is 1. The quantitative estimate of drug-likeness (QED) is 0.705. The first kappa shape index (κ1) is 18.9. The Morgan fingerprint density at radius 3 is 2.52 bits per heavy atom. The summed E-state index contributed by atoms with van der Waals surface area (Å²) in [6.45, 7) is 8.16. The lowest BCUT2D eigenvalue weighted by Gasteiger charge is -2.28. The Hall–Kier alpha value is -3.48. The van der Waals surface area contributed by atoms with Crippen molar-refractivity contribution in [1.29, 1.82) is 0 Å². The van der Waals surface area contributed by atoms with E-state index in [1.54, 1.807) is 4.68 Å². The number of allylic oxidation sites excluding steroid dienone is 1. The highest BCUT2D eigenvalue weighted by molar-refractivity contribution is 6.06. The molecule has 7 heteroatoms. The van der Waals surface area contributed by atoms with Crippen LogP contribution in [0.2, 0.25) is 0 Å². The van der Waals surface area contributed by atoms with Crippen LogP contribution in [0, 0.1) is 6.92 Å². The summed E-state index contributed by atoms with van der Waals surface area (Å²) in [5, 5.41) is 18.2. The Balaban J connectivity index is 1.75. The van der Waals surface area contributed by atoms with Crippen LogP contribution in [0.1, 0.15) is 49.4 Å². The maximum Gasteiger partial charge on any atom is 0.255 e. The number of nitrogens with one attached hydrogen (secondary N) is 2. The van der Waals surface area contributed by atoms with E-state index in [0.717, 1.165) is 22.5 Å². The van der Waals surface area contributed by atoms with E-state index >= 15 is 0 Å². The highest BCUT2D eigenvalue weighted by Gasteiger charge is 2.34. The number of aromatic nitrogens is 4. The van der Waals surface area contributed by atoms with Gasteiger partial charge in [-0.2, -0.15) is 4.68 Å². The van der Waals surface area contributed by atoms with Crippen molar-refractivity contribution in [3.05, 3.63) is 76.5 Å². The van der Waals surface area contributed by atoms with E-state index in [1.165, 1.54) is 5.56 Å². The molecule has 1 aliphatic heterocycles. The van der Waals surface area contributed by atoms with Gasteiger partial charge in [-0.25, -0.2) is 0 Å². The van der Waals surface area contributed by atoms with Gasteiger partial charge in [0.05, 0.1) is 5.57 Å². The zero-order valence-electron chi connectivity index (χ0n) is 17.0. The molecule has 0 spiro atoms. The second kappa shape index (κ2) is 7.50. The van der Waals surface area contributed by atoms with Crippen molar-refractivity contribution < 1.29 is 4.79 Å². The standard InChI is InChI=1S/C22H24N6O/c1-13(2)16-9-11-17(12-10-16)20-19(15(4)23-22-25-26-27-28(20)22)21(29)24-18-8-6-5-7-14(18)3/h5-13,20H,1-4H3,(H,24,29)(H,23,25,27)/t20-/m1/s1. The fraction of sp³-hybridized carbons (Fsp3) is 0.273. The molecule has 1 aliphatic rings. The molecule has 0 saturated carbocycles. The molecule has 4 rings (SSSR count). The van der Waals surface area contributed by atoms with E-state index in [1.807, 2.05) is 50.2 Å². The third-order valence-corrected chi connectivity index (χ3v) is 5.27. The van der Waals surface area contributed by atoms with Crippen molar-refractivity contribution in [2.45, 2.75) is 39.7 Å². The van der Waals surface area contributed by atoms with E-state index in [9.17, 15) is 4.79 Å². The maximum atomic E-state index is 13.3. The largest absolute Gasteiger partial charge is 0.326 e. The minimum absolute atomic E-state index is 0.177. The van der Waals surface area contributed by atoms with Gasteiger partial charge in [0.25, 0.3) is 5.91 Å². The number of nitrogens with zero attached hydrogens (tertiary/aromatic N) is 4. The van der Waals surface area contributed by atoms with E-state index in [2.05, 4.69) is 52.1 Å². The molecule has 3 aromatic rings. The lowest BCUT2D eigenvalue weighted by atomic mass is 9.92.